The maximum atomic E-state index is 11.4. The zero-order chi connectivity index (χ0) is 13.0. The van der Waals surface area contributed by atoms with Crippen LogP contribution < -0.4 is 5.32 Å². The normalized spacial score (nSPS) is 9.82. The molecule has 0 aliphatic rings. The van der Waals surface area contributed by atoms with Crippen LogP contribution in [0.2, 0.25) is 0 Å². The van der Waals surface area contributed by atoms with Crippen molar-refractivity contribution in [3.8, 4) is 0 Å². The summed E-state index contributed by atoms with van der Waals surface area (Å²) in [6.45, 7) is 1.80. The zero-order valence-electron chi connectivity index (χ0n) is 10.1. The molecule has 1 rings (SSSR count). The van der Waals surface area contributed by atoms with Crippen molar-refractivity contribution in [2.24, 2.45) is 0 Å². The molecular formula is C11H15N3O3. The van der Waals surface area contributed by atoms with Crippen LogP contribution >= 0.6 is 0 Å². The lowest BCUT2D eigenvalue weighted by atomic mass is 10.1. The molecule has 17 heavy (non-hydrogen) atoms. The number of amides is 1. The third kappa shape index (κ3) is 3.17. The van der Waals surface area contributed by atoms with E-state index in [1.54, 1.807) is 33.2 Å². The number of rotatable bonds is 4. The zero-order valence-corrected chi connectivity index (χ0v) is 10.1. The number of hydrogen-bond acceptors (Lipinski definition) is 4. The topological polar surface area (TPSA) is 75.5 Å². The molecule has 0 aliphatic heterocycles. The van der Waals surface area contributed by atoms with E-state index in [2.05, 4.69) is 5.32 Å². The number of carbonyl (C=O) groups excluding carboxylic acids is 1. The van der Waals surface area contributed by atoms with E-state index in [1.165, 1.54) is 11.0 Å². The highest BCUT2D eigenvalue weighted by Gasteiger charge is 2.16. The minimum absolute atomic E-state index is 0.0171. The fourth-order valence-corrected chi connectivity index (χ4v) is 1.36. The Morgan fingerprint density at radius 2 is 2.12 bits per heavy atom. The van der Waals surface area contributed by atoms with Gasteiger partial charge in [-0.15, -0.1) is 0 Å². The maximum Gasteiger partial charge on any atom is 0.292 e. The Morgan fingerprint density at radius 1 is 1.47 bits per heavy atom. The summed E-state index contributed by atoms with van der Waals surface area (Å²) in [5, 5.41) is 13.6. The van der Waals surface area contributed by atoms with Gasteiger partial charge in [-0.05, 0) is 12.5 Å². The summed E-state index contributed by atoms with van der Waals surface area (Å²) in [5.74, 6) is -0.137. The highest BCUT2D eigenvalue weighted by Crippen LogP contribution is 2.27. The van der Waals surface area contributed by atoms with Gasteiger partial charge in [-0.2, -0.15) is 0 Å². The SMILES string of the molecule is Cc1cccc([N+](=O)[O-])c1NCC(=O)N(C)C. The van der Waals surface area contributed by atoms with E-state index >= 15 is 0 Å². The standard InChI is InChI=1S/C11H15N3O3/c1-8-5-4-6-9(14(16)17)11(8)12-7-10(15)13(2)3/h4-6,12H,7H2,1-3H3. The molecule has 0 saturated carbocycles. The van der Waals surface area contributed by atoms with Crippen molar-refractivity contribution in [3.63, 3.8) is 0 Å². The van der Waals surface area contributed by atoms with Gasteiger partial charge in [-0.1, -0.05) is 12.1 Å². The minimum Gasteiger partial charge on any atom is -0.370 e. The number of benzene rings is 1. The van der Waals surface area contributed by atoms with Crippen molar-refractivity contribution in [3.05, 3.63) is 33.9 Å². The van der Waals surface area contributed by atoms with Gasteiger partial charge in [-0.25, -0.2) is 0 Å². The maximum absolute atomic E-state index is 11.4. The first-order chi connectivity index (χ1) is 7.93. The molecule has 1 amide bonds. The Kier molecular flexibility index (Phi) is 4.03. The number of para-hydroxylation sites is 1. The number of hydrogen-bond donors (Lipinski definition) is 1. The van der Waals surface area contributed by atoms with Gasteiger partial charge in [0.05, 0.1) is 11.5 Å². The molecule has 0 fully saturated rings. The molecule has 1 N–H and O–H groups in total. The first kappa shape index (κ1) is 13.0. The first-order valence-corrected chi connectivity index (χ1v) is 5.11. The van der Waals surface area contributed by atoms with Crippen LogP contribution in [0, 0.1) is 17.0 Å². The lowest BCUT2D eigenvalue weighted by molar-refractivity contribution is -0.384. The van der Waals surface area contributed by atoms with Crippen LogP contribution in [-0.2, 0) is 4.79 Å². The van der Waals surface area contributed by atoms with E-state index in [0.29, 0.717) is 5.69 Å². The number of nitro benzene ring substituents is 1. The van der Waals surface area contributed by atoms with Crippen LogP contribution in [0.1, 0.15) is 5.56 Å². The molecule has 1 aromatic rings. The second-order valence-electron chi connectivity index (χ2n) is 3.87. The third-order valence-electron chi connectivity index (χ3n) is 2.36. The molecule has 0 spiro atoms. The van der Waals surface area contributed by atoms with E-state index in [1.807, 2.05) is 0 Å². The largest absolute Gasteiger partial charge is 0.370 e. The van der Waals surface area contributed by atoms with Crippen molar-refractivity contribution in [2.45, 2.75) is 6.92 Å². The number of likely N-dealkylation sites (N-methyl/N-ethyl adjacent to an activating group) is 1. The molecule has 0 radical (unpaired) electrons. The Hall–Kier alpha value is -2.11. The van der Waals surface area contributed by atoms with Crippen LogP contribution in [0.3, 0.4) is 0 Å². The summed E-state index contributed by atoms with van der Waals surface area (Å²) >= 11 is 0. The highest BCUT2D eigenvalue weighted by atomic mass is 16.6. The quantitative estimate of drug-likeness (QED) is 0.634. The molecule has 0 saturated heterocycles. The van der Waals surface area contributed by atoms with Crippen LogP contribution in [0.15, 0.2) is 18.2 Å². The fourth-order valence-electron chi connectivity index (χ4n) is 1.36. The number of nitrogens with one attached hydrogen (secondary N) is 1. The summed E-state index contributed by atoms with van der Waals surface area (Å²) in [7, 11) is 3.27. The molecule has 0 atom stereocenters. The van der Waals surface area contributed by atoms with Crippen molar-refractivity contribution >= 4 is 17.3 Å². The van der Waals surface area contributed by atoms with Crippen molar-refractivity contribution in [1.29, 1.82) is 0 Å². The Bertz CT molecular complexity index is 444. The Balaban J connectivity index is 2.90. The summed E-state index contributed by atoms with van der Waals surface area (Å²) in [6.07, 6.45) is 0. The second-order valence-corrected chi connectivity index (χ2v) is 3.87. The fraction of sp³-hybridized carbons (Fsp3) is 0.364. The van der Waals surface area contributed by atoms with Gasteiger partial charge in [-0.3, -0.25) is 14.9 Å². The molecule has 6 heteroatoms. The third-order valence-corrected chi connectivity index (χ3v) is 2.36. The molecule has 92 valence electrons. The first-order valence-electron chi connectivity index (χ1n) is 5.11. The summed E-state index contributed by atoms with van der Waals surface area (Å²) in [6, 6.07) is 4.79. The average molecular weight is 237 g/mol. The van der Waals surface area contributed by atoms with E-state index < -0.39 is 4.92 Å². The van der Waals surface area contributed by atoms with E-state index in [9.17, 15) is 14.9 Å². The second kappa shape index (κ2) is 5.29. The van der Waals surface area contributed by atoms with Gasteiger partial charge < -0.3 is 10.2 Å². The summed E-state index contributed by atoms with van der Waals surface area (Å²) in [4.78, 5) is 23.2. The van der Waals surface area contributed by atoms with Crippen molar-refractivity contribution in [1.82, 2.24) is 4.90 Å². The molecule has 0 bridgehead atoms. The van der Waals surface area contributed by atoms with Crippen molar-refractivity contribution in [2.75, 3.05) is 26.0 Å². The molecule has 0 heterocycles. The number of anilines is 1. The Morgan fingerprint density at radius 3 is 2.65 bits per heavy atom. The average Bonchev–Trinajstić information content (AvgIpc) is 2.26. The van der Waals surface area contributed by atoms with Crippen LogP contribution in [0.4, 0.5) is 11.4 Å². The van der Waals surface area contributed by atoms with Gasteiger partial charge in [0.15, 0.2) is 0 Å². The number of nitro groups is 1. The summed E-state index contributed by atoms with van der Waals surface area (Å²) < 4.78 is 0. The smallest absolute Gasteiger partial charge is 0.292 e. The van der Waals surface area contributed by atoms with E-state index in [4.69, 9.17) is 0 Å². The molecule has 6 nitrogen and oxygen atoms in total. The predicted octanol–water partition coefficient (Wildman–Crippen LogP) is 1.40. The highest BCUT2D eigenvalue weighted by molar-refractivity contribution is 5.82. The Labute approximate surface area is 99.4 Å². The molecule has 0 aromatic heterocycles. The van der Waals surface area contributed by atoms with Gasteiger partial charge >= 0.3 is 0 Å². The molecule has 0 unspecified atom stereocenters. The van der Waals surface area contributed by atoms with Crippen LogP contribution in [0.5, 0.6) is 0 Å². The van der Waals surface area contributed by atoms with Gasteiger partial charge in [0, 0.05) is 20.2 Å². The van der Waals surface area contributed by atoms with Crippen molar-refractivity contribution < 1.29 is 9.72 Å². The number of aryl methyl sites for hydroxylation is 1. The lowest BCUT2D eigenvalue weighted by Gasteiger charge is -2.13. The van der Waals surface area contributed by atoms with E-state index in [-0.39, 0.29) is 18.1 Å². The van der Waals surface area contributed by atoms with Gasteiger partial charge in [0.2, 0.25) is 5.91 Å². The van der Waals surface area contributed by atoms with Crippen LogP contribution in [0.25, 0.3) is 0 Å². The predicted molar refractivity (Wildman–Crippen MR) is 65.0 cm³/mol. The number of nitrogens with zero attached hydrogens (tertiary/aromatic N) is 2. The van der Waals surface area contributed by atoms with E-state index in [0.717, 1.165) is 5.56 Å². The lowest BCUT2D eigenvalue weighted by Crippen LogP contribution is -2.28. The summed E-state index contributed by atoms with van der Waals surface area (Å²) in [5.41, 5.74) is 1.12. The molecule has 0 aliphatic carbocycles. The van der Waals surface area contributed by atoms with Gasteiger partial charge in [0.1, 0.15) is 5.69 Å². The molecule has 1 aromatic carbocycles. The van der Waals surface area contributed by atoms with Crippen LogP contribution in [-0.4, -0.2) is 36.4 Å². The number of carbonyl (C=O) groups is 1. The minimum atomic E-state index is -0.463. The van der Waals surface area contributed by atoms with Gasteiger partial charge in [0.25, 0.3) is 5.69 Å². The molecular weight excluding hydrogens is 222 g/mol. The monoisotopic (exact) mass is 237 g/mol.